The molecule has 0 bridgehead atoms. The second-order valence-corrected chi connectivity index (χ2v) is 5.84. The van der Waals surface area contributed by atoms with Crippen LogP contribution in [0, 0.1) is 11.8 Å². The number of hydrogen-bond donors (Lipinski definition) is 0. The van der Waals surface area contributed by atoms with E-state index in [0.717, 1.165) is 36.2 Å². The summed E-state index contributed by atoms with van der Waals surface area (Å²) in [4.78, 5) is 0. The van der Waals surface area contributed by atoms with Gasteiger partial charge in [0.2, 0.25) is 0 Å². The third kappa shape index (κ3) is 7.05. The fraction of sp³-hybridized carbons (Fsp3) is 0.556. The maximum Gasteiger partial charge on any atom is 0.119 e. The van der Waals surface area contributed by atoms with Gasteiger partial charge in [-0.2, -0.15) is 0 Å². The molecule has 1 nitrogen and oxygen atoms in total. The van der Waals surface area contributed by atoms with Gasteiger partial charge in [0.15, 0.2) is 0 Å². The predicted molar refractivity (Wildman–Crippen MR) is 84.5 cm³/mol. The highest BCUT2D eigenvalue weighted by Crippen LogP contribution is 2.17. The predicted octanol–water partition coefficient (Wildman–Crippen LogP) is 5.56. The first kappa shape index (κ1) is 15.8. The fourth-order valence-corrected chi connectivity index (χ4v) is 2.13. The minimum absolute atomic E-state index is 0.751. The molecule has 106 valence electrons. The summed E-state index contributed by atoms with van der Waals surface area (Å²) >= 11 is 0. The average molecular weight is 260 g/mol. The third-order valence-electron chi connectivity index (χ3n) is 3.45. The number of hydrogen-bond acceptors (Lipinski definition) is 1. The summed E-state index contributed by atoms with van der Waals surface area (Å²) in [5, 5.41) is 0. The van der Waals surface area contributed by atoms with Crippen molar-refractivity contribution in [2.24, 2.45) is 11.8 Å². The lowest BCUT2D eigenvalue weighted by Crippen LogP contribution is -2.04. The van der Waals surface area contributed by atoms with Gasteiger partial charge in [-0.1, -0.05) is 64.8 Å². The highest BCUT2D eigenvalue weighted by atomic mass is 16.5. The van der Waals surface area contributed by atoms with E-state index in [1.165, 1.54) is 19.3 Å². The van der Waals surface area contributed by atoms with E-state index >= 15 is 0 Å². The number of benzene rings is 1. The maximum atomic E-state index is 5.80. The summed E-state index contributed by atoms with van der Waals surface area (Å²) in [7, 11) is 0. The minimum atomic E-state index is 0.751. The van der Waals surface area contributed by atoms with E-state index in [9.17, 15) is 0 Å². The van der Waals surface area contributed by atoms with Gasteiger partial charge in [-0.05, 0) is 36.0 Å². The Morgan fingerprint density at radius 1 is 1.16 bits per heavy atom. The second kappa shape index (κ2) is 8.79. The Kier molecular flexibility index (Phi) is 7.32. The molecule has 1 rings (SSSR count). The summed E-state index contributed by atoms with van der Waals surface area (Å²) in [6.07, 6.45) is 6.98. The first-order valence-electron chi connectivity index (χ1n) is 7.47. The van der Waals surface area contributed by atoms with Gasteiger partial charge >= 0.3 is 0 Å². The Bertz CT molecular complexity index is 368. The van der Waals surface area contributed by atoms with E-state index in [4.69, 9.17) is 4.74 Å². The van der Waals surface area contributed by atoms with Crippen LogP contribution in [0.4, 0.5) is 0 Å². The van der Waals surface area contributed by atoms with Gasteiger partial charge in [-0.25, -0.2) is 0 Å². The van der Waals surface area contributed by atoms with Crippen LogP contribution < -0.4 is 4.74 Å². The van der Waals surface area contributed by atoms with Crippen molar-refractivity contribution < 1.29 is 4.74 Å². The Balaban J connectivity index is 2.20. The number of rotatable bonds is 9. The largest absolute Gasteiger partial charge is 0.494 e. The van der Waals surface area contributed by atoms with Crippen LogP contribution >= 0.6 is 0 Å². The molecule has 0 saturated carbocycles. The van der Waals surface area contributed by atoms with Crippen molar-refractivity contribution in [3.05, 3.63) is 36.4 Å². The molecule has 19 heavy (non-hydrogen) atoms. The quantitative estimate of drug-likeness (QED) is 0.564. The van der Waals surface area contributed by atoms with E-state index < -0.39 is 0 Å². The summed E-state index contributed by atoms with van der Waals surface area (Å²) in [6.45, 7) is 11.5. The Morgan fingerprint density at radius 3 is 2.63 bits per heavy atom. The molecule has 0 N–H and O–H groups in total. The van der Waals surface area contributed by atoms with E-state index in [2.05, 4.69) is 27.4 Å². The minimum Gasteiger partial charge on any atom is -0.494 e. The van der Waals surface area contributed by atoms with Crippen molar-refractivity contribution >= 4 is 6.08 Å². The van der Waals surface area contributed by atoms with E-state index in [-0.39, 0.29) is 0 Å². The van der Waals surface area contributed by atoms with Gasteiger partial charge in [0, 0.05) is 0 Å². The summed E-state index contributed by atoms with van der Waals surface area (Å²) in [5.41, 5.74) is 1.11. The zero-order chi connectivity index (χ0) is 14.1. The lowest BCUT2D eigenvalue weighted by Gasteiger charge is -2.13. The van der Waals surface area contributed by atoms with Crippen LogP contribution in [-0.2, 0) is 0 Å². The maximum absolute atomic E-state index is 5.80. The second-order valence-electron chi connectivity index (χ2n) is 5.84. The molecule has 0 amide bonds. The van der Waals surface area contributed by atoms with Crippen molar-refractivity contribution in [3.63, 3.8) is 0 Å². The van der Waals surface area contributed by atoms with Crippen LogP contribution in [0.25, 0.3) is 6.08 Å². The zero-order valence-electron chi connectivity index (χ0n) is 12.7. The topological polar surface area (TPSA) is 9.23 Å². The lowest BCUT2D eigenvalue weighted by molar-refractivity contribution is 0.275. The fourth-order valence-electron chi connectivity index (χ4n) is 2.13. The van der Waals surface area contributed by atoms with Gasteiger partial charge in [0.1, 0.15) is 5.75 Å². The molecule has 0 heterocycles. The molecular weight excluding hydrogens is 232 g/mol. The molecule has 0 aromatic heterocycles. The molecular formula is C18H28O. The molecule has 0 aliphatic heterocycles. The van der Waals surface area contributed by atoms with Gasteiger partial charge in [0.05, 0.1) is 6.61 Å². The first-order valence-corrected chi connectivity index (χ1v) is 7.47. The van der Waals surface area contributed by atoms with Crippen LogP contribution in [-0.4, -0.2) is 6.61 Å². The molecule has 0 fully saturated rings. The van der Waals surface area contributed by atoms with Crippen LogP contribution in [0.3, 0.4) is 0 Å². The van der Waals surface area contributed by atoms with Crippen molar-refractivity contribution in [2.45, 2.75) is 46.5 Å². The molecule has 1 aromatic rings. The Morgan fingerprint density at radius 2 is 1.95 bits per heavy atom. The Hall–Kier alpha value is -1.24. The monoisotopic (exact) mass is 260 g/mol. The molecule has 1 heteroatoms. The molecule has 0 saturated heterocycles. The highest BCUT2D eigenvalue weighted by molar-refractivity contribution is 5.49. The van der Waals surface area contributed by atoms with Crippen molar-refractivity contribution in [2.75, 3.05) is 6.61 Å². The van der Waals surface area contributed by atoms with E-state index in [0.29, 0.717) is 0 Å². The lowest BCUT2D eigenvalue weighted by atomic mass is 9.98. The van der Waals surface area contributed by atoms with E-state index in [1.807, 2.05) is 30.3 Å². The molecule has 0 radical (unpaired) electrons. The standard InChI is InChI=1S/C18H28O/c1-5-17-10-7-11-18(14-17)19-13-12-16(4)9-6-8-15(2)3/h5,7,10-11,14-16H,1,6,8-9,12-13H2,2-4H3. The van der Waals surface area contributed by atoms with Crippen LogP contribution in [0.2, 0.25) is 0 Å². The highest BCUT2D eigenvalue weighted by Gasteiger charge is 2.04. The number of ether oxygens (including phenoxy) is 1. The van der Waals surface area contributed by atoms with Crippen molar-refractivity contribution in [1.29, 1.82) is 0 Å². The van der Waals surface area contributed by atoms with Crippen LogP contribution in [0.5, 0.6) is 5.75 Å². The van der Waals surface area contributed by atoms with Gasteiger partial charge in [-0.3, -0.25) is 0 Å². The molecule has 1 aromatic carbocycles. The SMILES string of the molecule is C=Cc1cccc(OCCC(C)CCCC(C)C)c1. The summed E-state index contributed by atoms with van der Waals surface area (Å²) in [6, 6.07) is 8.10. The van der Waals surface area contributed by atoms with Gasteiger partial charge in [0.25, 0.3) is 0 Å². The zero-order valence-corrected chi connectivity index (χ0v) is 12.7. The third-order valence-corrected chi connectivity index (χ3v) is 3.45. The van der Waals surface area contributed by atoms with Crippen molar-refractivity contribution in [1.82, 2.24) is 0 Å². The van der Waals surface area contributed by atoms with Crippen LogP contribution in [0.15, 0.2) is 30.8 Å². The molecule has 0 aliphatic rings. The van der Waals surface area contributed by atoms with Gasteiger partial charge < -0.3 is 4.74 Å². The van der Waals surface area contributed by atoms with Gasteiger partial charge in [-0.15, -0.1) is 0 Å². The molecule has 0 aliphatic carbocycles. The normalized spacial score (nSPS) is 12.4. The first-order chi connectivity index (χ1) is 9.11. The molecule has 1 atom stereocenters. The summed E-state index contributed by atoms with van der Waals surface area (Å²) in [5.74, 6) is 2.53. The molecule has 1 unspecified atom stereocenters. The summed E-state index contributed by atoms with van der Waals surface area (Å²) < 4.78 is 5.80. The van der Waals surface area contributed by atoms with Crippen molar-refractivity contribution in [3.8, 4) is 5.75 Å². The van der Waals surface area contributed by atoms with E-state index in [1.54, 1.807) is 0 Å². The smallest absolute Gasteiger partial charge is 0.119 e. The Labute approximate surface area is 118 Å². The molecule has 0 spiro atoms. The van der Waals surface area contributed by atoms with Crippen LogP contribution in [0.1, 0.15) is 52.0 Å². The average Bonchev–Trinajstić information content (AvgIpc) is 2.38.